The summed E-state index contributed by atoms with van der Waals surface area (Å²) < 4.78 is 1.72. The molecule has 0 aromatic carbocycles. The number of halogens is 1. The summed E-state index contributed by atoms with van der Waals surface area (Å²) in [4.78, 5) is 9.77. The van der Waals surface area contributed by atoms with E-state index in [-0.39, 0.29) is 0 Å². The summed E-state index contributed by atoms with van der Waals surface area (Å²) in [5.74, 6) is 6.59. The molecule has 3 heterocycles. The lowest BCUT2D eigenvalue weighted by atomic mass is 10.2. The minimum Gasteiger partial charge on any atom is -0.308 e. The lowest BCUT2D eigenvalue weighted by molar-refractivity contribution is 0.768. The number of aryl methyl sites for hydroxylation is 1. The second-order valence-corrected chi connectivity index (χ2v) is 5.49. The third kappa shape index (κ3) is 2.51. The number of anilines is 1. The Labute approximate surface area is 124 Å². The van der Waals surface area contributed by atoms with Crippen molar-refractivity contribution in [3.63, 3.8) is 0 Å². The molecular weight excluding hydrogens is 296 g/mol. The molecule has 0 fully saturated rings. The van der Waals surface area contributed by atoms with Gasteiger partial charge >= 0.3 is 0 Å². The van der Waals surface area contributed by atoms with E-state index in [0.29, 0.717) is 16.7 Å². The Morgan fingerprint density at radius 1 is 1.35 bits per heavy atom. The van der Waals surface area contributed by atoms with Crippen molar-refractivity contribution in [2.75, 3.05) is 5.43 Å². The first kappa shape index (κ1) is 13.0. The number of thiophene rings is 1. The second kappa shape index (κ2) is 5.20. The Hall–Kier alpha value is -1.96. The van der Waals surface area contributed by atoms with Crippen LogP contribution in [0, 0.1) is 0 Å². The van der Waals surface area contributed by atoms with Crippen LogP contribution in [0.3, 0.4) is 0 Å². The van der Waals surface area contributed by atoms with Crippen molar-refractivity contribution in [2.24, 2.45) is 12.9 Å². The van der Waals surface area contributed by atoms with E-state index in [4.69, 9.17) is 17.4 Å². The fourth-order valence-electron chi connectivity index (χ4n) is 1.76. The molecule has 0 aliphatic rings. The molecule has 0 radical (unpaired) electrons. The van der Waals surface area contributed by atoms with Crippen LogP contribution in [0.4, 0.5) is 5.82 Å². The minimum atomic E-state index is 0.540. The molecule has 3 N–H and O–H groups in total. The van der Waals surface area contributed by atoms with Gasteiger partial charge in [0.25, 0.3) is 0 Å². The molecule has 0 aliphatic carbocycles. The summed E-state index contributed by atoms with van der Waals surface area (Å²) in [5, 5.41) is 6.65. The summed E-state index contributed by atoms with van der Waals surface area (Å²) in [6, 6.07) is 3.60. The van der Waals surface area contributed by atoms with E-state index >= 15 is 0 Å². The van der Waals surface area contributed by atoms with Crippen molar-refractivity contribution >= 4 is 28.8 Å². The Kier molecular flexibility index (Phi) is 3.39. The standard InChI is InChI=1S/C12H11ClN6S/c1-19-5-7(4-15-19)9-3-11(18-14)17-12(16-9)10-2-8(13)6-20-10/h2-6H,14H2,1H3,(H,16,17,18). The van der Waals surface area contributed by atoms with Crippen molar-refractivity contribution in [3.05, 3.63) is 34.9 Å². The second-order valence-electron chi connectivity index (χ2n) is 4.14. The van der Waals surface area contributed by atoms with Crippen LogP contribution in [0.5, 0.6) is 0 Å². The quantitative estimate of drug-likeness (QED) is 0.574. The predicted octanol–water partition coefficient (Wildman–Crippen LogP) is 2.54. The topological polar surface area (TPSA) is 81.7 Å². The maximum Gasteiger partial charge on any atom is 0.172 e. The number of rotatable bonds is 3. The van der Waals surface area contributed by atoms with Crippen LogP contribution < -0.4 is 11.3 Å². The van der Waals surface area contributed by atoms with E-state index in [9.17, 15) is 0 Å². The number of aromatic nitrogens is 4. The third-order valence-corrected chi connectivity index (χ3v) is 3.94. The lowest BCUT2D eigenvalue weighted by Gasteiger charge is -2.05. The molecule has 6 nitrogen and oxygen atoms in total. The molecule has 3 aromatic rings. The molecule has 8 heteroatoms. The van der Waals surface area contributed by atoms with E-state index in [1.54, 1.807) is 16.9 Å². The first-order chi connectivity index (χ1) is 9.65. The highest BCUT2D eigenvalue weighted by Gasteiger charge is 2.11. The zero-order valence-corrected chi connectivity index (χ0v) is 12.1. The smallest absolute Gasteiger partial charge is 0.172 e. The number of hydrogen-bond acceptors (Lipinski definition) is 6. The summed E-state index contributed by atoms with van der Waals surface area (Å²) in [7, 11) is 1.85. The molecule has 0 saturated heterocycles. The maximum absolute atomic E-state index is 5.95. The van der Waals surface area contributed by atoms with Crippen molar-refractivity contribution in [2.45, 2.75) is 0 Å². The van der Waals surface area contributed by atoms with Crippen LogP contribution in [0.2, 0.25) is 5.02 Å². The Morgan fingerprint density at radius 2 is 2.20 bits per heavy atom. The molecule has 0 atom stereocenters. The number of nitrogens with one attached hydrogen (secondary N) is 1. The van der Waals surface area contributed by atoms with Gasteiger partial charge in [-0.3, -0.25) is 4.68 Å². The molecule has 0 aliphatic heterocycles. The van der Waals surface area contributed by atoms with Gasteiger partial charge in [0.2, 0.25) is 0 Å². The van der Waals surface area contributed by atoms with Gasteiger partial charge in [0.1, 0.15) is 5.82 Å². The van der Waals surface area contributed by atoms with Gasteiger partial charge in [-0.25, -0.2) is 15.8 Å². The fourth-order valence-corrected chi connectivity index (χ4v) is 2.77. The largest absolute Gasteiger partial charge is 0.308 e. The first-order valence-corrected chi connectivity index (χ1v) is 7.00. The molecule has 0 spiro atoms. The van der Waals surface area contributed by atoms with Gasteiger partial charge < -0.3 is 5.43 Å². The SMILES string of the molecule is Cn1cc(-c2cc(NN)nc(-c3cc(Cl)cs3)n2)cn1. The van der Waals surface area contributed by atoms with Crippen LogP contribution in [0.25, 0.3) is 22.0 Å². The average molecular weight is 307 g/mol. The number of hydrogen-bond donors (Lipinski definition) is 2. The lowest BCUT2D eigenvalue weighted by Crippen LogP contribution is -2.09. The highest BCUT2D eigenvalue weighted by atomic mass is 35.5. The van der Waals surface area contributed by atoms with Crippen molar-refractivity contribution in [3.8, 4) is 22.0 Å². The van der Waals surface area contributed by atoms with Crippen LogP contribution >= 0.6 is 22.9 Å². The zero-order chi connectivity index (χ0) is 14.1. The van der Waals surface area contributed by atoms with E-state index < -0.39 is 0 Å². The average Bonchev–Trinajstić information content (AvgIpc) is 3.07. The molecule has 102 valence electrons. The van der Waals surface area contributed by atoms with Crippen LogP contribution in [0.1, 0.15) is 0 Å². The molecule has 0 amide bonds. The number of nitrogens with zero attached hydrogens (tertiary/aromatic N) is 4. The normalized spacial score (nSPS) is 10.8. The van der Waals surface area contributed by atoms with Gasteiger partial charge in [-0.1, -0.05) is 11.6 Å². The van der Waals surface area contributed by atoms with Gasteiger partial charge in [-0.2, -0.15) is 5.10 Å². The Balaban J connectivity index is 2.12. The molecule has 0 unspecified atom stereocenters. The summed E-state index contributed by atoms with van der Waals surface area (Å²) >= 11 is 7.43. The number of nitrogen functional groups attached to an aromatic ring is 1. The van der Waals surface area contributed by atoms with E-state index in [1.807, 2.05) is 24.7 Å². The highest BCUT2D eigenvalue weighted by molar-refractivity contribution is 7.14. The molecule has 20 heavy (non-hydrogen) atoms. The highest BCUT2D eigenvalue weighted by Crippen LogP contribution is 2.29. The molecule has 3 aromatic heterocycles. The Bertz CT molecular complexity index is 691. The van der Waals surface area contributed by atoms with Crippen molar-refractivity contribution in [1.82, 2.24) is 19.7 Å². The zero-order valence-electron chi connectivity index (χ0n) is 10.5. The van der Waals surface area contributed by atoms with Gasteiger partial charge in [0.15, 0.2) is 5.82 Å². The number of hydrazine groups is 1. The van der Waals surface area contributed by atoms with Crippen LogP contribution in [-0.4, -0.2) is 19.7 Å². The van der Waals surface area contributed by atoms with Gasteiger partial charge in [0.05, 0.1) is 21.8 Å². The van der Waals surface area contributed by atoms with E-state index in [0.717, 1.165) is 16.1 Å². The Morgan fingerprint density at radius 3 is 2.80 bits per heavy atom. The van der Waals surface area contributed by atoms with Gasteiger partial charge in [-0.05, 0) is 6.07 Å². The van der Waals surface area contributed by atoms with Crippen LogP contribution in [-0.2, 0) is 7.05 Å². The van der Waals surface area contributed by atoms with Crippen molar-refractivity contribution in [1.29, 1.82) is 0 Å². The fraction of sp³-hybridized carbons (Fsp3) is 0.0833. The summed E-state index contributed by atoms with van der Waals surface area (Å²) in [5.41, 5.74) is 4.20. The maximum atomic E-state index is 5.95. The molecule has 0 bridgehead atoms. The van der Waals surface area contributed by atoms with E-state index in [2.05, 4.69) is 20.5 Å². The predicted molar refractivity (Wildman–Crippen MR) is 80.4 cm³/mol. The summed E-state index contributed by atoms with van der Waals surface area (Å²) in [6.07, 6.45) is 3.63. The van der Waals surface area contributed by atoms with Gasteiger partial charge in [0, 0.05) is 30.3 Å². The van der Waals surface area contributed by atoms with E-state index in [1.165, 1.54) is 11.3 Å². The molecular formula is C12H11ClN6S. The molecule has 3 rings (SSSR count). The first-order valence-electron chi connectivity index (χ1n) is 5.75. The van der Waals surface area contributed by atoms with Crippen molar-refractivity contribution < 1.29 is 0 Å². The number of nitrogens with two attached hydrogens (primary N) is 1. The molecule has 0 saturated carbocycles. The van der Waals surface area contributed by atoms with Crippen LogP contribution in [0.15, 0.2) is 29.9 Å². The van der Waals surface area contributed by atoms with Gasteiger partial charge in [-0.15, -0.1) is 11.3 Å². The third-order valence-electron chi connectivity index (χ3n) is 2.66. The summed E-state index contributed by atoms with van der Waals surface area (Å²) in [6.45, 7) is 0. The monoisotopic (exact) mass is 306 g/mol. The minimum absolute atomic E-state index is 0.540.